The molecule has 1 heterocycles. The van der Waals surface area contributed by atoms with Crippen molar-refractivity contribution in [2.75, 3.05) is 5.32 Å². The molecule has 0 bridgehead atoms. The Balaban J connectivity index is 2.22. The first-order valence-corrected chi connectivity index (χ1v) is 5.56. The van der Waals surface area contributed by atoms with Crippen molar-refractivity contribution >= 4 is 34.9 Å². The van der Waals surface area contributed by atoms with Gasteiger partial charge in [-0.3, -0.25) is 4.79 Å². The number of carbonyl (C=O) groups excluding carboxylic acids is 1. The molecule has 1 aromatic heterocycles. The third-order valence-electron chi connectivity index (χ3n) is 2.05. The molecule has 1 aromatic carbocycles. The van der Waals surface area contributed by atoms with Crippen LogP contribution in [-0.4, -0.2) is 15.9 Å². The van der Waals surface area contributed by atoms with Gasteiger partial charge in [0.25, 0.3) is 5.91 Å². The zero-order valence-electron chi connectivity index (χ0n) is 8.82. The Labute approximate surface area is 112 Å². The molecule has 0 saturated heterocycles. The normalized spacial score (nSPS) is 10.2. The lowest BCUT2D eigenvalue weighted by Gasteiger charge is -2.05. The maximum Gasteiger partial charge on any atom is 0.258 e. The first-order valence-electron chi connectivity index (χ1n) is 4.80. The summed E-state index contributed by atoms with van der Waals surface area (Å²) in [5.41, 5.74) is 0.146. The lowest BCUT2D eigenvalue weighted by atomic mass is 10.2. The van der Waals surface area contributed by atoms with Crippen molar-refractivity contribution in [1.82, 2.24) is 9.97 Å². The lowest BCUT2D eigenvalue weighted by Crippen LogP contribution is -2.13. The van der Waals surface area contributed by atoms with Gasteiger partial charge in [0.15, 0.2) is 0 Å². The molecule has 0 aliphatic carbocycles. The number of hydrogen-bond acceptors (Lipinski definition) is 3. The van der Waals surface area contributed by atoms with Gasteiger partial charge in [0.05, 0.1) is 10.6 Å². The molecular weight excluding hydrogens is 280 g/mol. The first-order chi connectivity index (χ1) is 8.56. The van der Waals surface area contributed by atoms with Crippen molar-refractivity contribution in [1.29, 1.82) is 0 Å². The Hall–Kier alpha value is -1.72. The highest BCUT2D eigenvalue weighted by Crippen LogP contribution is 2.18. The average molecular weight is 286 g/mol. The summed E-state index contributed by atoms with van der Waals surface area (Å²) >= 11 is 11.4. The highest BCUT2D eigenvalue weighted by atomic mass is 35.5. The van der Waals surface area contributed by atoms with Gasteiger partial charge in [0.1, 0.15) is 23.1 Å². The molecule has 18 heavy (non-hydrogen) atoms. The summed E-state index contributed by atoms with van der Waals surface area (Å²) in [5, 5.41) is 2.70. The Morgan fingerprint density at radius 1 is 1.22 bits per heavy atom. The number of carbonyl (C=O) groups is 1. The van der Waals surface area contributed by atoms with E-state index in [0.717, 1.165) is 12.1 Å². The standard InChI is InChI=1S/C11H6Cl2FN3O/c12-8-3-6(14)1-2-7(8)11(18)17-10-4-9(13)15-5-16-10/h1-5H,(H,15,16,17,18). The van der Waals surface area contributed by atoms with Crippen LogP contribution >= 0.6 is 23.2 Å². The maximum atomic E-state index is 12.8. The molecule has 0 atom stereocenters. The van der Waals surface area contributed by atoms with Crippen molar-refractivity contribution in [3.05, 3.63) is 52.1 Å². The fourth-order valence-corrected chi connectivity index (χ4v) is 1.66. The molecule has 1 N–H and O–H groups in total. The Bertz CT molecular complexity index is 607. The molecule has 0 fully saturated rings. The van der Waals surface area contributed by atoms with Crippen LogP contribution in [0.25, 0.3) is 0 Å². The van der Waals surface area contributed by atoms with Gasteiger partial charge in [-0.25, -0.2) is 14.4 Å². The highest BCUT2D eigenvalue weighted by molar-refractivity contribution is 6.34. The number of amides is 1. The number of anilines is 1. The van der Waals surface area contributed by atoms with Crippen molar-refractivity contribution in [3.8, 4) is 0 Å². The van der Waals surface area contributed by atoms with E-state index in [-0.39, 0.29) is 21.6 Å². The third kappa shape index (κ3) is 2.94. The summed E-state index contributed by atoms with van der Waals surface area (Å²) in [6.45, 7) is 0. The molecule has 4 nitrogen and oxygen atoms in total. The molecule has 92 valence electrons. The number of hydrogen-bond donors (Lipinski definition) is 1. The van der Waals surface area contributed by atoms with Crippen LogP contribution < -0.4 is 5.32 Å². The van der Waals surface area contributed by atoms with E-state index in [2.05, 4.69) is 15.3 Å². The molecule has 0 aliphatic rings. The van der Waals surface area contributed by atoms with E-state index in [9.17, 15) is 9.18 Å². The molecule has 1 amide bonds. The molecule has 0 spiro atoms. The predicted molar refractivity (Wildman–Crippen MR) is 66.4 cm³/mol. The minimum Gasteiger partial charge on any atom is -0.306 e. The van der Waals surface area contributed by atoms with Crippen LogP contribution in [0.4, 0.5) is 10.2 Å². The van der Waals surface area contributed by atoms with Crippen LogP contribution in [0.15, 0.2) is 30.6 Å². The molecule has 7 heteroatoms. The number of benzene rings is 1. The highest BCUT2D eigenvalue weighted by Gasteiger charge is 2.12. The van der Waals surface area contributed by atoms with Crippen LogP contribution in [0.1, 0.15) is 10.4 Å². The number of rotatable bonds is 2. The number of aromatic nitrogens is 2. The van der Waals surface area contributed by atoms with Gasteiger partial charge in [0.2, 0.25) is 0 Å². The van der Waals surface area contributed by atoms with Crippen LogP contribution in [0.3, 0.4) is 0 Å². The van der Waals surface area contributed by atoms with Gasteiger partial charge < -0.3 is 5.32 Å². The van der Waals surface area contributed by atoms with E-state index in [1.54, 1.807) is 0 Å². The topological polar surface area (TPSA) is 54.9 Å². The second-order valence-corrected chi connectivity index (χ2v) is 4.10. The van der Waals surface area contributed by atoms with Crippen LogP contribution in [0.2, 0.25) is 10.2 Å². The fourth-order valence-electron chi connectivity index (χ4n) is 1.26. The molecule has 2 rings (SSSR count). The lowest BCUT2D eigenvalue weighted by molar-refractivity contribution is 0.102. The minimum atomic E-state index is -0.512. The molecule has 2 aromatic rings. The van der Waals surface area contributed by atoms with Crippen molar-refractivity contribution in [2.45, 2.75) is 0 Å². The van der Waals surface area contributed by atoms with Gasteiger partial charge in [0, 0.05) is 6.07 Å². The third-order valence-corrected chi connectivity index (χ3v) is 2.57. The number of nitrogens with one attached hydrogen (secondary N) is 1. The number of nitrogens with zero attached hydrogens (tertiary/aromatic N) is 2. The van der Waals surface area contributed by atoms with Gasteiger partial charge in [-0.2, -0.15) is 0 Å². The van der Waals surface area contributed by atoms with Gasteiger partial charge >= 0.3 is 0 Å². The SMILES string of the molecule is O=C(Nc1cc(Cl)ncn1)c1ccc(F)cc1Cl. The molecular formula is C11H6Cl2FN3O. The van der Waals surface area contributed by atoms with E-state index in [4.69, 9.17) is 23.2 Å². The molecule has 0 radical (unpaired) electrons. The second kappa shape index (κ2) is 5.29. The molecule has 0 unspecified atom stereocenters. The van der Waals surface area contributed by atoms with E-state index in [1.807, 2.05) is 0 Å². The summed E-state index contributed by atoms with van der Waals surface area (Å²) in [4.78, 5) is 19.3. The average Bonchev–Trinajstić information content (AvgIpc) is 2.28. The number of halogens is 3. The van der Waals surface area contributed by atoms with Gasteiger partial charge in [-0.1, -0.05) is 23.2 Å². The summed E-state index contributed by atoms with van der Waals surface area (Å²) in [6, 6.07) is 4.88. The fraction of sp³-hybridized carbons (Fsp3) is 0. The molecule has 0 saturated carbocycles. The van der Waals surface area contributed by atoms with Crippen LogP contribution in [0, 0.1) is 5.82 Å². The monoisotopic (exact) mass is 285 g/mol. The zero-order valence-corrected chi connectivity index (χ0v) is 10.3. The smallest absolute Gasteiger partial charge is 0.258 e. The van der Waals surface area contributed by atoms with E-state index in [1.165, 1.54) is 18.5 Å². The van der Waals surface area contributed by atoms with Crippen LogP contribution in [0.5, 0.6) is 0 Å². The largest absolute Gasteiger partial charge is 0.306 e. The summed E-state index contributed by atoms with van der Waals surface area (Å²) in [7, 11) is 0. The Kier molecular flexibility index (Phi) is 3.74. The first kappa shape index (κ1) is 12.7. The van der Waals surface area contributed by atoms with Crippen molar-refractivity contribution in [2.24, 2.45) is 0 Å². The van der Waals surface area contributed by atoms with Crippen molar-refractivity contribution in [3.63, 3.8) is 0 Å². The maximum absolute atomic E-state index is 12.8. The van der Waals surface area contributed by atoms with Crippen LogP contribution in [-0.2, 0) is 0 Å². The quantitative estimate of drug-likeness (QED) is 0.863. The van der Waals surface area contributed by atoms with Gasteiger partial charge in [-0.15, -0.1) is 0 Å². The van der Waals surface area contributed by atoms with E-state index >= 15 is 0 Å². The summed E-state index contributed by atoms with van der Waals surface area (Å²) in [5.74, 6) is -0.781. The Morgan fingerprint density at radius 3 is 2.67 bits per heavy atom. The zero-order chi connectivity index (χ0) is 13.1. The van der Waals surface area contributed by atoms with E-state index < -0.39 is 11.7 Å². The molecule has 0 aliphatic heterocycles. The Morgan fingerprint density at radius 2 is 2.00 bits per heavy atom. The predicted octanol–water partition coefficient (Wildman–Crippen LogP) is 3.17. The van der Waals surface area contributed by atoms with E-state index in [0.29, 0.717) is 0 Å². The summed E-state index contributed by atoms with van der Waals surface area (Å²) < 4.78 is 12.8. The minimum absolute atomic E-state index is 0.0210. The second-order valence-electron chi connectivity index (χ2n) is 3.30. The van der Waals surface area contributed by atoms with Gasteiger partial charge in [-0.05, 0) is 18.2 Å². The van der Waals surface area contributed by atoms with Crippen molar-refractivity contribution < 1.29 is 9.18 Å². The summed E-state index contributed by atoms with van der Waals surface area (Å²) in [6.07, 6.45) is 1.21.